The molecule has 1 aliphatic carbocycles. The first kappa shape index (κ1) is 11.2. The molecular formula is C11H16N2O3S. The Morgan fingerprint density at radius 2 is 2.18 bits per heavy atom. The quantitative estimate of drug-likeness (QED) is 0.860. The van der Waals surface area contributed by atoms with Crippen molar-refractivity contribution in [3.8, 4) is 0 Å². The zero-order chi connectivity index (χ0) is 12.0. The summed E-state index contributed by atoms with van der Waals surface area (Å²) in [6, 6.07) is -0.0316. The molecule has 6 heteroatoms. The molecule has 2 aliphatic rings. The second-order valence-corrected chi connectivity index (χ2v) is 7.22. The van der Waals surface area contributed by atoms with E-state index in [1.807, 2.05) is 4.68 Å². The summed E-state index contributed by atoms with van der Waals surface area (Å²) >= 11 is 0. The molecule has 1 saturated heterocycles. The van der Waals surface area contributed by atoms with Gasteiger partial charge in [-0.1, -0.05) is 0 Å². The van der Waals surface area contributed by atoms with E-state index in [1.165, 1.54) is 0 Å². The maximum absolute atomic E-state index is 11.5. The van der Waals surface area contributed by atoms with Crippen molar-refractivity contribution in [2.24, 2.45) is 0 Å². The Hall–Kier alpha value is -0.880. The van der Waals surface area contributed by atoms with E-state index in [-0.39, 0.29) is 24.2 Å². The lowest BCUT2D eigenvalue weighted by Crippen LogP contribution is -2.15. The largest absolute Gasteiger partial charge is 0.392 e. The molecule has 1 saturated carbocycles. The molecule has 0 amide bonds. The van der Waals surface area contributed by atoms with Crippen LogP contribution < -0.4 is 0 Å². The molecule has 2 fully saturated rings. The second kappa shape index (κ2) is 3.81. The van der Waals surface area contributed by atoms with Crippen LogP contribution in [-0.2, 0) is 16.4 Å². The summed E-state index contributed by atoms with van der Waals surface area (Å²) in [7, 11) is -2.89. The number of hydrogen-bond donors (Lipinski definition) is 1. The monoisotopic (exact) mass is 256 g/mol. The highest BCUT2D eigenvalue weighted by Crippen LogP contribution is 2.43. The lowest BCUT2D eigenvalue weighted by molar-refractivity contribution is 0.280. The number of sulfone groups is 1. The van der Waals surface area contributed by atoms with Crippen molar-refractivity contribution >= 4 is 9.84 Å². The van der Waals surface area contributed by atoms with E-state index >= 15 is 0 Å². The van der Waals surface area contributed by atoms with Gasteiger partial charge in [0.25, 0.3) is 0 Å². The van der Waals surface area contributed by atoms with Crippen LogP contribution >= 0.6 is 0 Å². The van der Waals surface area contributed by atoms with Gasteiger partial charge in [0.1, 0.15) is 0 Å². The van der Waals surface area contributed by atoms with Gasteiger partial charge in [-0.3, -0.25) is 4.68 Å². The summed E-state index contributed by atoms with van der Waals surface area (Å²) in [6.07, 6.45) is 4.57. The predicted octanol–water partition coefficient (Wildman–Crippen LogP) is 0.612. The van der Waals surface area contributed by atoms with Gasteiger partial charge in [0.2, 0.25) is 0 Å². The Morgan fingerprint density at radius 3 is 2.71 bits per heavy atom. The smallest absolute Gasteiger partial charge is 0.152 e. The molecule has 1 aromatic rings. The van der Waals surface area contributed by atoms with Crippen molar-refractivity contribution in [1.29, 1.82) is 0 Å². The number of aliphatic hydroxyl groups excluding tert-OH is 1. The van der Waals surface area contributed by atoms with Crippen LogP contribution in [0.5, 0.6) is 0 Å². The first-order valence-electron chi connectivity index (χ1n) is 5.98. The van der Waals surface area contributed by atoms with Gasteiger partial charge in [0.15, 0.2) is 9.84 Å². The first-order valence-corrected chi connectivity index (χ1v) is 7.80. The zero-order valence-electron chi connectivity index (χ0n) is 9.54. The van der Waals surface area contributed by atoms with Crippen molar-refractivity contribution in [3.63, 3.8) is 0 Å². The van der Waals surface area contributed by atoms with Crippen LogP contribution in [0.4, 0.5) is 0 Å². The second-order valence-electron chi connectivity index (χ2n) is 4.99. The van der Waals surface area contributed by atoms with E-state index in [0.29, 0.717) is 12.3 Å². The average Bonchev–Trinajstić information content (AvgIpc) is 2.93. The maximum Gasteiger partial charge on any atom is 0.152 e. The fourth-order valence-electron chi connectivity index (χ4n) is 2.59. The fourth-order valence-corrected chi connectivity index (χ4v) is 4.29. The molecule has 1 aliphatic heterocycles. The molecule has 0 spiro atoms. The van der Waals surface area contributed by atoms with Crippen LogP contribution in [-0.4, -0.2) is 34.8 Å². The Labute approximate surface area is 100 Å². The Balaban J connectivity index is 1.95. The minimum Gasteiger partial charge on any atom is -0.392 e. The third-order valence-corrected chi connectivity index (χ3v) is 5.35. The molecule has 0 radical (unpaired) electrons. The van der Waals surface area contributed by atoms with Crippen molar-refractivity contribution in [2.75, 3.05) is 11.5 Å². The van der Waals surface area contributed by atoms with E-state index in [2.05, 4.69) is 5.10 Å². The van der Waals surface area contributed by atoms with Crippen molar-refractivity contribution in [1.82, 2.24) is 9.78 Å². The van der Waals surface area contributed by atoms with E-state index < -0.39 is 9.84 Å². The Kier molecular flexibility index (Phi) is 2.52. The van der Waals surface area contributed by atoms with Gasteiger partial charge in [0.05, 0.1) is 30.4 Å². The third-order valence-electron chi connectivity index (χ3n) is 3.60. The fraction of sp³-hybridized carbons (Fsp3) is 0.727. The normalized spacial score (nSPS) is 27.5. The molecule has 1 unspecified atom stereocenters. The maximum atomic E-state index is 11.5. The Bertz CT molecular complexity index is 531. The van der Waals surface area contributed by atoms with Gasteiger partial charge in [-0.25, -0.2) is 8.42 Å². The molecule has 1 aromatic heterocycles. The minimum atomic E-state index is -2.89. The summed E-state index contributed by atoms with van der Waals surface area (Å²) in [5, 5.41) is 13.6. The van der Waals surface area contributed by atoms with E-state index in [9.17, 15) is 13.5 Å². The molecule has 0 aromatic carbocycles. The van der Waals surface area contributed by atoms with Gasteiger partial charge in [0, 0.05) is 17.2 Å². The van der Waals surface area contributed by atoms with Gasteiger partial charge in [-0.05, 0) is 19.3 Å². The van der Waals surface area contributed by atoms with Crippen LogP contribution in [0.25, 0.3) is 0 Å². The highest BCUT2D eigenvalue weighted by Gasteiger charge is 2.36. The van der Waals surface area contributed by atoms with Gasteiger partial charge in [-0.15, -0.1) is 0 Å². The highest BCUT2D eigenvalue weighted by atomic mass is 32.2. The topological polar surface area (TPSA) is 72.2 Å². The molecule has 3 rings (SSSR count). The summed E-state index contributed by atoms with van der Waals surface area (Å²) in [5.41, 5.74) is 1.92. The van der Waals surface area contributed by atoms with E-state index in [0.717, 1.165) is 24.1 Å². The van der Waals surface area contributed by atoms with Crippen LogP contribution in [0.1, 0.15) is 42.5 Å². The molecular weight excluding hydrogens is 240 g/mol. The van der Waals surface area contributed by atoms with Gasteiger partial charge in [-0.2, -0.15) is 5.10 Å². The third kappa shape index (κ3) is 1.99. The van der Waals surface area contributed by atoms with E-state index in [1.54, 1.807) is 6.20 Å². The average molecular weight is 256 g/mol. The number of nitrogens with zero attached hydrogens (tertiary/aromatic N) is 2. The molecule has 94 valence electrons. The number of aromatic nitrogens is 2. The molecule has 2 heterocycles. The van der Waals surface area contributed by atoms with Crippen molar-refractivity contribution in [2.45, 2.75) is 37.8 Å². The van der Waals surface area contributed by atoms with Crippen LogP contribution in [0.2, 0.25) is 0 Å². The number of hydrogen-bond acceptors (Lipinski definition) is 4. The molecule has 17 heavy (non-hydrogen) atoms. The zero-order valence-corrected chi connectivity index (χ0v) is 10.4. The lowest BCUT2D eigenvalue weighted by atomic mass is 10.1. The van der Waals surface area contributed by atoms with Gasteiger partial charge < -0.3 is 5.11 Å². The Morgan fingerprint density at radius 1 is 1.41 bits per heavy atom. The van der Waals surface area contributed by atoms with Crippen molar-refractivity contribution in [3.05, 3.63) is 17.5 Å². The van der Waals surface area contributed by atoms with Gasteiger partial charge >= 0.3 is 0 Å². The molecule has 1 atom stereocenters. The molecule has 1 N–H and O–H groups in total. The number of aliphatic hydroxyl groups is 1. The predicted molar refractivity (Wildman–Crippen MR) is 62.4 cm³/mol. The minimum absolute atomic E-state index is 0.00863. The molecule has 0 bridgehead atoms. The number of rotatable bonds is 3. The van der Waals surface area contributed by atoms with Crippen molar-refractivity contribution < 1.29 is 13.5 Å². The van der Waals surface area contributed by atoms with Crippen LogP contribution in [0, 0.1) is 0 Å². The summed E-state index contributed by atoms with van der Waals surface area (Å²) in [6.45, 7) is -0.00863. The SMILES string of the molecule is O=S1(=O)CCC(n2ncc(CO)c2C2CC2)C1. The van der Waals surface area contributed by atoms with E-state index in [4.69, 9.17) is 0 Å². The van der Waals surface area contributed by atoms with Crippen LogP contribution in [0.3, 0.4) is 0 Å². The lowest BCUT2D eigenvalue weighted by Gasteiger charge is -2.13. The van der Waals surface area contributed by atoms with Crippen LogP contribution in [0.15, 0.2) is 6.20 Å². The standard InChI is InChI=1S/C11H16N2O3S/c14-6-9-5-12-13(11(9)8-1-2-8)10-3-4-17(15,16)7-10/h5,8,10,14H,1-4,6-7H2. The molecule has 5 nitrogen and oxygen atoms in total. The first-order chi connectivity index (χ1) is 8.11. The summed E-state index contributed by atoms with van der Waals surface area (Å²) in [4.78, 5) is 0. The highest BCUT2D eigenvalue weighted by molar-refractivity contribution is 7.91. The summed E-state index contributed by atoms with van der Waals surface area (Å²) < 4.78 is 24.8. The summed E-state index contributed by atoms with van der Waals surface area (Å²) in [5.74, 6) is 0.929.